The highest BCUT2D eigenvalue weighted by Crippen LogP contribution is 2.36. The summed E-state index contributed by atoms with van der Waals surface area (Å²) < 4.78 is 16.6. The summed E-state index contributed by atoms with van der Waals surface area (Å²) in [5.74, 6) is 1.31. The fraction of sp³-hybridized carbons (Fsp3) is 0.562. The lowest BCUT2D eigenvalue weighted by Gasteiger charge is -2.26. The molecule has 0 atom stereocenters. The minimum Gasteiger partial charge on any atom is -0.493 e. The number of rotatable bonds is 6. The van der Waals surface area contributed by atoms with Gasteiger partial charge in [-0.2, -0.15) is 0 Å². The first kappa shape index (κ1) is 16.0. The Labute approximate surface area is 136 Å². The molecule has 2 heterocycles. The van der Waals surface area contributed by atoms with E-state index in [1.54, 1.807) is 13.2 Å². The summed E-state index contributed by atoms with van der Waals surface area (Å²) in [6.45, 7) is 5.78. The van der Waals surface area contributed by atoms with Gasteiger partial charge < -0.3 is 14.2 Å². The molecule has 3 rings (SSSR count). The molecule has 2 aliphatic heterocycles. The van der Waals surface area contributed by atoms with Gasteiger partial charge in [0.2, 0.25) is 0 Å². The summed E-state index contributed by atoms with van der Waals surface area (Å²) in [5.41, 5.74) is 1.59. The van der Waals surface area contributed by atoms with Crippen LogP contribution in [0.5, 0.6) is 11.5 Å². The second kappa shape index (κ2) is 7.63. The van der Waals surface area contributed by atoms with E-state index in [4.69, 9.17) is 14.2 Å². The summed E-state index contributed by atoms with van der Waals surface area (Å²) in [7, 11) is 1.60. The number of hydrogen-bond donors (Lipinski definition) is 1. The number of morpholine rings is 1. The average Bonchev–Trinajstić information content (AvgIpc) is 2.59. The van der Waals surface area contributed by atoms with Gasteiger partial charge in [-0.25, -0.2) is 5.06 Å². The molecular formula is C16H23N3O4. The van der Waals surface area contributed by atoms with Gasteiger partial charge in [0.25, 0.3) is 0 Å². The number of methoxy groups -OCH3 is 1. The lowest BCUT2D eigenvalue weighted by atomic mass is 10.1. The van der Waals surface area contributed by atoms with Crippen LogP contribution in [-0.4, -0.2) is 63.0 Å². The molecule has 1 saturated heterocycles. The quantitative estimate of drug-likeness (QED) is 0.802. The molecule has 126 valence electrons. The van der Waals surface area contributed by atoms with E-state index in [2.05, 4.69) is 9.89 Å². The SMILES string of the molecule is COc1cc2c(cc1OCCCN1CCOCC1)CN=CN2O. The van der Waals surface area contributed by atoms with Crippen LogP contribution in [-0.2, 0) is 11.3 Å². The molecule has 0 radical (unpaired) electrons. The van der Waals surface area contributed by atoms with Crippen molar-refractivity contribution < 1.29 is 19.4 Å². The third kappa shape index (κ3) is 3.93. The van der Waals surface area contributed by atoms with Crippen molar-refractivity contribution in [2.24, 2.45) is 4.99 Å². The number of hydroxylamine groups is 1. The Balaban J connectivity index is 1.57. The molecule has 0 saturated carbocycles. The second-order valence-corrected chi connectivity index (χ2v) is 5.59. The van der Waals surface area contributed by atoms with Crippen LogP contribution in [0.4, 0.5) is 5.69 Å². The normalized spacial score (nSPS) is 17.9. The monoisotopic (exact) mass is 321 g/mol. The maximum Gasteiger partial charge on any atom is 0.162 e. The van der Waals surface area contributed by atoms with Crippen LogP contribution < -0.4 is 14.5 Å². The van der Waals surface area contributed by atoms with Gasteiger partial charge in [0.15, 0.2) is 11.5 Å². The van der Waals surface area contributed by atoms with Crippen LogP contribution in [0.15, 0.2) is 17.1 Å². The van der Waals surface area contributed by atoms with E-state index in [1.165, 1.54) is 6.34 Å². The van der Waals surface area contributed by atoms with Crippen molar-refractivity contribution >= 4 is 12.0 Å². The molecule has 0 spiro atoms. The van der Waals surface area contributed by atoms with Gasteiger partial charge in [-0.1, -0.05) is 0 Å². The highest BCUT2D eigenvalue weighted by atomic mass is 16.5. The van der Waals surface area contributed by atoms with Gasteiger partial charge in [-0.05, 0) is 12.5 Å². The molecule has 23 heavy (non-hydrogen) atoms. The summed E-state index contributed by atoms with van der Waals surface area (Å²) in [4.78, 5) is 6.47. The van der Waals surface area contributed by atoms with Crippen molar-refractivity contribution in [1.29, 1.82) is 0 Å². The predicted molar refractivity (Wildman–Crippen MR) is 86.8 cm³/mol. The first-order valence-electron chi connectivity index (χ1n) is 7.90. The second-order valence-electron chi connectivity index (χ2n) is 5.59. The first-order chi connectivity index (χ1) is 11.3. The Morgan fingerprint density at radius 1 is 1.26 bits per heavy atom. The Hall–Kier alpha value is -1.83. The summed E-state index contributed by atoms with van der Waals surface area (Å²) in [5, 5.41) is 10.8. The zero-order valence-corrected chi connectivity index (χ0v) is 13.4. The molecule has 0 aromatic heterocycles. The van der Waals surface area contributed by atoms with Gasteiger partial charge in [0, 0.05) is 31.3 Å². The van der Waals surface area contributed by atoms with E-state index < -0.39 is 0 Å². The third-order valence-electron chi connectivity index (χ3n) is 4.04. The van der Waals surface area contributed by atoms with E-state index in [0.717, 1.165) is 49.9 Å². The van der Waals surface area contributed by atoms with Crippen molar-refractivity contribution in [2.45, 2.75) is 13.0 Å². The highest BCUT2D eigenvalue weighted by Gasteiger charge is 2.17. The van der Waals surface area contributed by atoms with E-state index >= 15 is 0 Å². The number of aliphatic imine (C=N–C) groups is 1. The smallest absolute Gasteiger partial charge is 0.162 e. The van der Waals surface area contributed by atoms with Gasteiger partial charge in [0.05, 0.1) is 39.2 Å². The van der Waals surface area contributed by atoms with Crippen molar-refractivity contribution in [3.8, 4) is 11.5 Å². The molecule has 2 aliphatic rings. The topological polar surface area (TPSA) is 66.8 Å². The van der Waals surface area contributed by atoms with E-state index in [9.17, 15) is 5.21 Å². The molecule has 0 amide bonds. The van der Waals surface area contributed by atoms with Crippen molar-refractivity contribution in [3.05, 3.63) is 17.7 Å². The molecule has 0 unspecified atom stereocenters. The Morgan fingerprint density at radius 2 is 2.09 bits per heavy atom. The molecule has 7 heteroatoms. The van der Waals surface area contributed by atoms with Crippen LogP contribution in [0, 0.1) is 0 Å². The molecule has 1 fully saturated rings. The average molecular weight is 321 g/mol. The maximum atomic E-state index is 9.80. The van der Waals surface area contributed by atoms with Crippen LogP contribution >= 0.6 is 0 Å². The molecule has 1 aromatic carbocycles. The summed E-state index contributed by atoms with van der Waals surface area (Å²) >= 11 is 0. The van der Waals surface area contributed by atoms with Gasteiger partial charge in [-0.15, -0.1) is 0 Å². The van der Waals surface area contributed by atoms with Crippen molar-refractivity contribution in [2.75, 3.05) is 51.6 Å². The van der Waals surface area contributed by atoms with Crippen LogP contribution in [0.3, 0.4) is 0 Å². The van der Waals surface area contributed by atoms with E-state index in [1.807, 2.05) is 6.07 Å². The molecule has 1 aromatic rings. The minimum atomic E-state index is 0.528. The Kier molecular flexibility index (Phi) is 5.32. The van der Waals surface area contributed by atoms with Crippen LogP contribution in [0.1, 0.15) is 12.0 Å². The van der Waals surface area contributed by atoms with E-state index in [0.29, 0.717) is 30.3 Å². The number of hydrogen-bond acceptors (Lipinski definition) is 7. The van der Waals surface area contributed by atoms with Crippen molar-refractivity contribution in [3.63, 3.8) is 0 Å². The number of ether oxygens (including phenoxy) is 3. The zero-order valence-electron chi connectivity index (χ0n) is 13.4. The number of fused-ring (bicyclic) bond motifs is 1. The largest absolute Gasteiger partial charge is 0.493 e. The summed E-state index contributed by atoms with van der Waals surface area (Å²) in [6, 6.07) is 3.67. The summed E-state index contributed by atoms with van der Waals surface area (Å²) in [6.07, 6.45) is 2.34. The Bertz CT molecular complexity index is 559. The molecule has 0 aliphatic carbocycles. The van der Waals surface area contributed by atoms with Crippen LogP contribution in [0.25, 0.3) is 0 Å². The number of nitrogens with zero attached hydrogens (tertiary/aromatic N) is 3. The van der Waals surface area contributed by atoms with E-state index in [-0.39, 0.29) is 0 Å². The standard InChI is InChI=1S/C16H23N3O4/c1-21-15-10-14-13(11-17-12-19(14)20)9-16(15)23-6-2-3-18-4-7-22-8-5-18/h9-10,12,20H,2-8,11H2,1H3. The fourth-order valence-electron chi connectivity index (χ4n) is 2.78. The van der Waals surface area contributed by atoms with Gasteiger partial charge in [-0.3, -0.25) is 15.1 Å². The third-order valence-corrected chi connectivity index (χ3v) is 4.04. The minimum absolute atomic E-state index is 0.528. The first-order valence-corrected chi connectivity index (χ1v) is 7.90. The predicted octanol–water partition coefficient (Wildman–Crippen LogP) is 1.53. The van der Waals surface area contributed by atoms with Crippen LogP contribution in [0.2, 0.25) is 0 Å². The highest BCUT2D eigenvalue weighted by molar-refractivity contribution is 5.81. The lowest BCUT2D eigenvalue weighted by molar-refractivity contribution is 0.0357. The molecular weight excluding hydrogens is 298 g/mol. The fourth-order valence-corrected chi connectivity index (χ4v) is 2.78. The number of benzene rings is 1. The van der Waals surface area contributed by atoms with Gasteiger partial charge >= 0.3 is 0 Å². The van der Waals surface area contributed by atoms with Gasteiger partial charge in [0.1, 0.15) is 6.34 Å². The molecule has 7 nitrogen and oxygen atoms in total. The van der Waals surface area contributed by atoms with Crippen molar-refractivity contribution in [1.82, 2.24) is 4.90 Å². The molecule has 0 bridgehead atoms. The zero-order chi connectivity index (χ0) is 16.1. The number of anilines is 1. The lowest BCUT2D eigenvalue weighted by Crippen LogP contribution is -2.37. The maximum absolute atomic E-state index is 9.80. The molecule has 1 N–H and O–H groups in total. The Morgan fingerprint density at radius 3 is 2.87 bits per heavy atom.